The molecule has 0 aromatic rings. The van der Waals surface area contributed by atoms with Crippen molar-refractivity contribution in [3.05, 3.63) is 6.92 Å². The largest absolute Gasteiger partial charge is 0.336 e. The zero-order valence-corrected chi connectivity index (χ0v) is 28.7. The van der Waals surface area contributed by atoms with Gasteiger partial charge in [-0.2, -0.15) is 0 Å². The molecule has 0 aromatic heterocycles. The normalized spacial score (nSPS) is 11.3. The van der Waals surface area contributed by atoms with E-state index in [2.05, 4.69) is 31.4 Å². The summed E-state index contributed by atoms with van der Waals surface area (Å²) >= 11 is 0. The van der Waals surface area contributed by atoms with E-state index in [0.29, 0.717) is 12.8 Å². The standard InChI is InChI=1S/C38H75N2O2/c1-4-6-8-10-12-14-16-18-20-22-24-26-28-30-32-34-37(41)39-36(3)40-38(42)35-33-31-29-27-25-23-21-19-17-15-13-11-9-7-5-2/h36H,3-35H2,1-2H3,(H,39,41)(H,40,42). The molecule has 2 N–H and O–H groups in total. The summed E-state index contributed by atoms with van der Waals surface area (Å²) in [6.45, 7) is 8.45. The molecule has 0 atom stereocenters. The topological polar surface area (TPSA) is 58.2 Å². The maximum atomic E-state index is 12.2. The minimum Gasteiger partial charge on any atom is -0.336 e. The van der Waals surface area contributed by atoms with Crippen molar-refractivity contribution < 1.29 is 9.59 Å². The third-order valence-electron chi connectivity index (χ3n) is 8.69. The lowest BCUT2D eigenvalue weighted by Crippen LogP contribution is -2.46. The maximum absolute atomic E-state index is 12.2. The van der Waals surface area contributed by atoms with Crippen LogP contribution in [-0.2, 0) is 9.59 Å². The van der Waals surface area contributed by atoms with Gasteiger partial charge in [0.25, 0.3) is 0 Å². The van der Waals surface area contributed by atoms with Crippen molar-refractivity contribution in [3.63, 3.8) is 0 Å². The Morgan fingerprint density at radius 1 is 0.381 bits per heavy atom. The Labute approximate surface area is 264 Å². The first-order valence-corrected chi connectivity index (χ1v) is 19.0. The van der Waals surface area contributed by atoms with E-state index in [1.807, 2.05) is 0 Å². The molecule has 4 heteroatoms. The first kappa shape index (κ1) is 40.9. The van der Waals surface area contributed by atoms with Gasteiger partial charge in [0.2, 0.25) is 11.8 Å². The number of carbonyl (C=O) groups is 2. The highest BCUT2D eigenvalue weighted by atomic mass is 16.2. The van der Waals surface area contributed by atoms with E-state index in [1.54, 1.807) is 0 Å². The molecule has 0 unspecified atom stereocenters. The number of nitrogens with one attached hydrogen (secondary N) is 2. The fraction of sp³-hybridized carbons (Fsp3) is 0.921. The Hall–Kier alpha value is -1.06. The van der Waals surface area contributed by atoms with Crippen LogP contribution in [0.5, 0.6) is 0 Å². The van der Waals surface area contributed by atoms with Gasteiger partial charge in [-0.25, -0.2) is 0 Å². The molecule has 0 rings (SSSR count). The van der Waals surface area contributed by atoms with Crippen LogP contribution in [0.15, 0.2) is 0 Å². The highest BCUT2D eigenvalue weighted by Gasteiger charge is 2.10. The molecule has 4 nitrogen and oxygen atoms in total. The van der Waals surface area contributed by atoms with Crippen molar-refractivity contribution in [1.29, 1.82) is 0 Å². The van der Waals surface area contributed by atoms with Gasteiger partial charge in [0.05, 0.1) is 0 Å². The van der Waals surface area contributed by atoms with Gasteiger partial charge in [0.1, 0.15) is 6.17 Å². The van der Waals surface area contributed by atoms with Crippen LogP contribution < -0.4 is 10.6 Å². The lowest BCUT2D eigenvalue weighted by atomic mass is 10.0. The Morgan fingerprint density at radius 3 is 0.786 bits per heavy atom. The molecule has 42 heavy (non-hydrogen) atoms. The quantitative estimate of drug-likeness (QED) is 0.0577. The smallest absolute Gasteiger partial charge is 0.221 e. The van der Waals surface area contributed by atoms with Crippen LogP contribution in [0.1, 0.15) is 219 Å². The van der Waals surface area contributed by atoms with Crippen molar-refractivity contribution in [2.45, 2.75) is 225 Å². The Bertz CT molecular complexity index is 517. The second-order valence-corrected chi connectivity index (χ2v) is 13.1. The number of amides is 2. The molecule has 0 aliphatic carbocycles. The molecular formula is C38H75N2O2. The second kappa shape index (κ2) is 34.4. The second-order valence-electron chi connectivity index (χ2n) is 13.1. The van der Waals surface area contributed by atoms with Gasteiger partial charge >= 0.3 is 0 Å². The van der Waals surface area contributed by atoms with Gasteiger partial charge < -0.3 is 10.6 Å². The number of hydrogen-bond acceptors (Lipinski definition) is 2. The summed E-state index contributed by atoms with van der Waals surface area (Å²) in [6, 6.07) is 0. The van der Waals surface area contributed by atoms with Crippen molar-refractivity contribution in [3.8, 4) is 0 Å². The van der Waals surface area contributed by atoms with Crippen LogP contribution in [0.4, 0.5) is 0 Å². The third kappa shape index (κ3) is 33.4. The van der Waals surface area contributed by atoms with Crippen molar-refractivity contribution in [2.75, 3.05) is 0 Å². The van der Waals surface area contributed by atoms with E-state index in [4.69, 9.17) is 0 Å². The molecule has 0 heterocycles. The molecule has 0 aliphatic rings. The van der Waals surface area contributed by atoms with Crippen molar-refractivity contribution >= 4 is 11.8 Å². The predicted molar refractivity (Wildman–Crippen MR) is 185 cm³/mol. The molecule has 0 aromatic carbocycles. The van der Waals surface area contributed by atoms with Crippen LogP contribution >= 0.6 is 0 Å². The van der Waals surface area contributed by atoms with Crippen LogP contribution in [0.2, 0.25) is 0 Å². The predicted octanol–water partition coefficient (Wildman–Crippen LogP) is 11.9. The van der Waals surface area contributed by atoms with Gasteiger partial charge in [-0.05, 0) is 19.8 Å². The van der Waals surface area contributed by atoms with Crippen LogP contribution in [0, 0.1) is 6.92 Å². The number of unbranched alkanes of at least 4 members (excludes halogenated alkanes) is 28. The van der Waals surface area contributed by atoms with E-state index in [-0.39, 0.29) is 11.8 Å². The average Bonchev–Trinajstić information content (AvgIpc) is 2.97. The Kier molecular flexibility index (Phi) is 33.6. The van der Waals surface area contributed by atoms with E-state index in [1.165, 1.54) is 167 Å². The molecular weight excluding hydrogens is 516 g/mol. The number of carbonyl (C=O) groups excluding carboxylic acids is 2. The summed E-state index contributed by atoms with van der Waals surface area (Å²) in [7, 11) is 0. The van der Waals surface area contributed by atoms with Crippen LogP contribution in [0.25, 0.3) is 0 Å². The molecule has 0 fully saturated rings. The van der Waals surface area contributed by atoms with Gasteiger partial charge in [0.15, 0.2) is 0 Å². The van der Waals surface area contributed by atoms with Gasteiger partial charge in [-0.3, -0.25) is 9.59 Å². The summed E-state index contributed by atoms with van der Waals surface area (Å²) < 4.78 is 0. The van der Waals surface area contributed by atoms with Crippen LogP contribution in [-0.4, -0.2) is 18.0 Å². The fourth-order valence-corrected chi connectivity index (χ4v) is 5.88. The molecule has 0 saturated heterocycles. The molecule has 0 aliphatic heterocycles. The SMILES string of the molecule is [CH2]C(NC(=O)CCCCCCCCCCCCCCCCC)NC(=O)CCCCCCCCCCCCCCCCC. The van der Waals surface area contributed by atoms with Crippen LogP contribution in [0.3, 0.4) is 0 Å². The molecule has 0 saturated carbocycles. The summed E-state index contributed by atoms with van der Waals surface area (Å²) in [5, 5.41) is 5.66. The summed E-state index contributed by atoms with van der Waals surface area (Å²) in [5.41, 5.74) is 0. The van der Waals surface area contributed by atoms with E-state index >= 15 is 0 Å². The average molecular weight is 592 g/mol. The first-order chi connectivity index (χ1) is 20.6. The monoisotopic (exact) mass is 592 g/mol. The van der Waals surface area contributed by atoms with E-state index in [9.17, 15) is 9.59 Å². The first-order valence-electron chi connectivity index (χ1n) is 19.0. The molecule has 2 amide bonds. The van der Waals surface area contributed by atoms with Gasteiger partial charge in [0, 0.05) is 12.8 Å². The zero-order chi connectivity index (χ0) is 30.8. The molecule has 1 radical (unpaired) electrons. The third-order valence-corrected chi connectivity index (χ3v) is 8.69. The molecule has 0 spiro atoms. The molecule has 249 valence electrons. The minimum atomic E-state index is -0.530. The summed E-state index contributed by atoms with van der Waals surface area (Å²) in [5.74, 6) is -0.00562. The summed E-state index contributed by atoms with van der Waals surface area (Å²) in [6.07, 6.45) is 40.2. The fourth-order valence-electron chi connectivity index (χ4n) is 5.88. The minimum absolute atomic E-state index is 0.00281. The van der Waals surface area contributed by atoms with E-state index in [0.717, 1.165) is 25.7 Å². The highest BCUT2D eigenvalue weighted by Crippen LogP contribution is 2.15. The van der Waals surface area contributed by atoms with Gasteiger partial charge in [-0.15, -0.1) is 0 Å². The Balaban J connectivity index is 3.39. The van der Waals surface area contributed by atoms with Crippen molar-refractivity contribution in [1.82, 2.24) is 10.6 Å². The molecule has 0 bridgehead atoms. The zero-order valence-electron chi connectivity index (χ0n) is 28.7. The Morgan fingerprint density at radius 2 is 0.571 bits per heavy atom. The highest BCUT2D eigenvalue weighted by molar-refractivity contribution is 5.79. The maximum Gasteiger partial charge on any atom is 0.221 e. The lowest BCUT2D eigenvalue weighted by Gasteiger charge is -2.15. The number of rotatable bonds is 34. The summed E-state index contributed by atoms with van der Waals surface area (Å²) in [4.78, 5) is 24.3. The van der Waals surface area contributed by atoms with E-state index < -0.39 is 6.17 Å². The van der Waals surface area contributed by atoms with Gasteiger partial charge in [-0.1, -0.05) is 194 Å². The lowest BCUT2D eigenvalue weighted by molar-refractivity contribution is -0.124. The van der Waals surface area contributed by atoms with Crippen molar-refractivity contribution in [2.24, 2.45) is 0 Å². The number of hydrogen-bond donors (Lipinski definition) is 2.